The Morgan fingerprint density at radius 1 is 1.43 bits per heavy atom. The molecule has 3 aromatic rings. The molecule has 0 aliphatic heterocycles. The molecule has 3 rings (SSSR count). The third kappa shape index (κ3) is 4.49. The summed E-state index contributed by atoms with van der Waals surface area (Å²) in [7, 11) is 0. The Bertz CT molecular complexity index is 734. The molecule has 0 radical (unpaired) electrons. The van der Waals surface area contributed by atoms with Crippen LogP contribution in [0.15, 0.2) is 40.8 Å². The summed E-state index contributed by atoms with van der Waals surface area (Å²) in [5, 5.41) is 14.4. The van der Waals surface area contributed by atoms with Crippen molar-refractivity contribution < 1.29 is 4.79 Å². The average molecular weight is 346 g/mol. The van der Waals surface area contributed by atoms with Crippen LogP contribution in [0.1, 0.15) is 28.6 Å². The molecule has 1 atom stereocenters. The van der Waals surface area contributed by atoms with Crippen LogP contribution in [0.4, 0.5) is 0 Å². The summed E-state index contributed by atoms with van der Waals surface area (Å²) < 4.78 is 1.80. The molecular weight excluding hydrogens is 328 g/mol. The molecule has 0 spiro atoms. The van der Waals surface area contributed by atoms with E-state index in [1.807, 2.05) is 18.5 Å². The van der Waals surface area contributed by atoms with Crippen LogP contribution in [-0.4, -0.2) is 20.7 Å². The van der Waals surface area contributed by atoms with Crippen molar-refractivity contribution in [2.75, 3.05) is 0 Å². The first-order valence-electron chi connectivity index (χ1n) is 7.39. The Morgan fingerprint density at radius 2 is 2.35 bits per heavy atom. The van der Waals surface area contributed by atoms with Gasteiger partial charge in [-0.2, -0.15) is 16.4 Å². The van der Waals surface area contributed by atoms with Crippen molar-refractivity contribution in [3.63, 3.8) is 0 Å². The number of carbonyl (C=O) groups excluding carboxylic acids is 1. The van der Waals surface area contributed by atoms with E-state index >= 15 is 0 Å². The zero-order chi connectivity index (χ0) is 16.1. The number of nitrogens with one attached hydrogen (secondary N) is 1. The number of hydrogen-bond donors (Lipinski definition) is 1. The summed E-state index contributed by atoms with van der Waals surface area (Å²) in [6, 6.07) is 2.01. The molecule has 0 saturated heterocycles. The van der Waals surface area contributed by atoms with Gasteiger partial charge in [-0.15, -0.1) is 11.3 Å². The lowest BCUT2D eigenvalue weighted by atomic mass is 10.1. The Hall–Kier alpha value is -1.99. The SMILES string of the molecule is Cc1cnn(CCC(=O)N[C@H](Cc2ccsc2)c2nccs2)c1. The minimum absolute atomic E-state index is 0.0218. The minimum Gasteiger partial charge on any atom is -0.346 e. The predicted octanol–water partition coefficient (Wildman–Crippen LogP) is 3.20. The number of thiazole rings is 1. The molecule has 3 aromatic heterocycles. The Morgan fingerprint density at radius 3 is 3.00 bits per heavy atom. The van der Waals surface area contributed by atoms with Crippen molar-refractivity contribution in [2.45, 2.75) is 32.4 Å². The van der Waals surface area contributed by atoms with Gasteiger partial charge in [-0.05, 0) is 34.9 Å². The average Bonchev–Trinajstić information content (AvgIpc) is 3.27. The monoisotopic (exact) mass is 346 g/mol. The van der Waals surface area contributed by atoms with Crippen LogP contribution in [0.3, 0.4) is 0 Å². The number of aromatic nitrogens is 3. The van der Waals surface area contributed by atoms with E-state index in [-0.39, 0.29) is 11.9 Å². The molecule has 0 unspecified atom stereocenters. The molecule has 23 heavy (non-hydrogen) atoms. The molecule has 0 fully saturated rings. The third-order valence-electron chi connectivity index (χ3n) is 3.43. The maximum Gasteiger partial charge on any atom is 0.222 e. The van der Waals surface area contributed by atoms with Crippen LogP contribution >= 0.6 is 22.7 Å². The summed E-state index contributed by atoms with van der Waals surface area (Å²) in [5.74, 6) is 0.0218. The van der Waals surface area contributed by atoms with Crippen molar-refractivity contribution in [2.24, 2.45) is 0 Å². The van der Waals surface area contributed by atoms with E-state index in [0.29, 0.717) is 13.0 Å². The molecule has 1 N–H and O–H groups in total. The molecule has 0 saturated carbocycles. The van der Waals surface area contributed by atoms with Crippen LogP contribution in [0.5, 0.6) is 0 Å². The standard InChI is InChI=1S/C16H18N4OS2/c1-12-9-18-20(10-12)5-2-15(21)19-14(16-17-4-7-23-16)8-13-3-6-22-11-13/h3-4,6-7,9-11,14H,2,5,8H2,1H3,(H,19,21)/t14-/m1/s1. The van der Waals surface area contributed by atoms with E-state index < -0.39 is 0 Å². The second-order valence-electron chi connectivity index (χ2n) is 5.36. The maximum absolute atomic E-state index is 12.3. The van der Waals surface area contributed by atoms with Gasteiger partial charge < -0.3 is 5.32 Å². The Balaban J connectivity index is 1.60. The number of nitrogens with zero attached hydrogens (tertiary/aromatic N) is 3. The van der Waals surface area contributed by atoms with Crippen molar-refractivity contribution in [3.05, 3.63) is 56.9 Å². The number of thiophene rings is 1. The van der Waals surface area contributed by atoms with Crippen molar-refractivity contribution in [1.29, 1.82) is 0 Å². The van der Waals surface area contributed by atoms with Crippen LogP contribution in [-0.2, 0) is 17.8 Å². The topological polar surface area (TPSA) is 59.8 Å². The fourth-order valence-electron chi connectivity index (χ4n) is 2.32. The molecule has 0 bridgehead atoms. The quantitative estimate of drug-likeness (QED) is 0.715. The van der Waals surface area contributed by atoms with Crippen LogP contribution < -0.4 is 5.32 Å². The second kappa shape index (κ2) is 7.52. The normalized spacial score (nSPS) is 12.2. The molecule has 0 aromatic carbocycles. The van der Waals surface area contributed by atoms with Crippen molar-refractivity contribution >= 4 is 28.6 Å². The Labute approximate surface area is 143 Å². The highest BCUT2D eigenvalue weighted by molar-refractivity contribution is 7.09. The van der Waals surface area contributed by atoms with Gasteiger partial charge in [0.15, 0.2) is 0 Å². The molecule has 0 aliphatic rings. The molecule has 5 nitrogen and oxygen atoms in total. The van der Waals surface area contributed by atoms with Crippen LogP contribution in [0.2, 0.25) is 0 Å². The highest BCUT2D eigenvalue weighted by atomic mass is 32.1. The summed E-state index contributed by atoms with van der Waals surface area (Å²) >= 11 is 3.24. The van der Waals surface area contributed by atoms with Gasteiger partial charge in [-0.3, -0.25) is 9.48 Å². The maximum atomic E-state index is 12.3. The molecule has 7 heteroatoms. The van der Waals surface area contributed by atoms with E-state index in [2.05, 4.69) is 32.2 Å². The minimum atomic E-state index is -0.0727. The fourth-order valence-corrected chi connectivity index (χ4v) is 3.69. The summed E-state index contributed by atoms with van der Waals surface area (Å²) in [4.78, 5) is 16.6. The van der Waals surface area contributed by atoms with Gasteiger partial charge in [0, 0.05) is 37.2 Å². The highest BCUT2D eigenvalue weighted by Gasteiger charge is 2.18. The van der Waals surface area contributed by atoms with E-state index in [1.54, 1.807) is 39.7 Å². The number of rotatable bonds is 7. The van der Waals surface area contributed by atoms with Gasteiger partial charge in [0.05, 0.1) is 12.2 Å². The van der Waals surface area contributed by atoms with Crippen molar-refractivity contribution in [1.82, 2.24) is 20.1 Å². The summed E-state index contributed by atoms with van der Waals surface area (Å²) in [6.07, 6.45) is 6.69. The third-order valence-corrected chi connectivity index (χ3v) is 5.06. The molecule has 120 valence electrons. The predicted molar refractivity (Wildman–Crippen MR) is 92.6 cm³/mol. The fraction of sp³-hybridized carbons (Fsp3) is 0.312. The van der Waals surface area contributed by atoms with E-state index in [4.69, 9.17) is 0 Å². The zero-order valence-electron chi connectivity index (χ0n) is 12.8. The van der Waals surface area contributed by atoms with Crippen molar-refractivity contribution in [3.8, 4) is 0 Å². The molecule has 3 heterocycles. The molecule has 0 aliphatic carbocycles. The lowest BCUT2D eigenvalue weighted by Crippen LogP contribution is -2.30. The lowest BCUT2D eigenvalue weighted by Gasteiger charge is -2.16. The number of amides is 1. The first-order valence-corrected chi connectivity index (χ1v) is 9.22. The number of aryl methyl sites for hydroxylation is 2. The van der Waals surface area contributed by atoms with Gasteiger partial charge in [-0.25, -0.2) is 4.98 Å². The summed E-state index contributed by atoms with van der Waals surface area (Å²) in [5.41, 5.74) is 2.32. The number of carbonyl (C=O) groups is 1. The lowest BCUT2D eigenvalue weighted by molar-refractivity contribution is -0.122. The van der Waals surface area contributed by atoms with Gasteiger partial charge in [-0.1, -0.05) is 0 Å². The number of hydrogen-bond acceptors (Lipinski definition) is 5. The molecule has 1 amide bonds. The van der Waals surface area contributed by atoms with E-state index in [0.717, 1.165) is 17.0 Å². The highest BCUT2D eigenvalue weighted by Crippen LogP contribution is 2.22. The Kier molecular flexibility index (Phi) is 5.19. The second-order valence-corrected chi connectivity index (χ2v) is 7.06. The smallest absolute Gasteiger partial charge is 0.222 e. The van der Waals surface area contributed by atoms with Gasteiger partial charge in [0.25, 0.3) is 0 Å². The van der Waals surface area contributed by atoms with Gasteiger partial charge in [0.1, 0.15) is 5.01 Å². The van der Waals surface area contributed by atoms with E-state index in [9.17, 15) is 4.79 Å². The summed E-state index contributed by atoms with van der Waals surface area (Å²) in [6.45, 7) is 2.58. The largest absolute Gasteiger partial charge is 0.346 e. The zero-order valence-corrected chi connectivity index (χ0v) is 14.4. The van der Waals surface area contributed by atoms with E-state index in [1.165, 1.54) is 5.56 Å². The van der Waals surface area contributed by atoms with Crippen LogP contribution in [0.25, 0.3) is 0 Å². The van der Waals surface area contributed by atoms with Crippen LogP contribution in [0, 0.1) is 6.92 Å². The van der Waals surface area contributed by atoms with Gasteiger partial charge >= 0.3 is 0 Å². The first kappa shape index (κ1) is 15.9. The molecular formula is C16H18N4OS2. The first-order chi connectivity index (χ1) is 11.2. The van der Waals surface area contributed by atoms with Gasteiger partial charge in [0.2, 0.25) is 5.91 Å².